The van der Waals surface area contributed by atoms with E-state index in [9.17, 15) is 0 Å². The van der Waals surface area contributed by atoms with Crippen LogP contribution in [0.4, 0.5) is 5.69 Å². The third-order valence-corrected chi connectivity index (χ3v) is 2.60. The molecule has 0 radical (unpaired) electrons. The summed E-state index contributed by atoms with van der Waals surface area (Å²) in [5.74, 6) is 0. The Morgan fingerprint density at radius 3 is 2.40 bits per heavy atom. The zero-order valence-corrected chi connectivity index (χ0v) is 9.49. The molecule has 0 unspecified atom stereocenters. The molecule has 0 atom stereocenters. The minimum atomic E-state index is -0.167. The van der Waals surface area contributed by atoms with Crippen LogP contribution >= 0.6 is 0 Å². The Kier molecular flexibility index (Phi) is 2.93. The summed E-state index contributed by atoms with van der Waals surface area (Å²) in [6.07, 6.45) is -0.167. The highest BCUT2D eigenvalue weighted by Crippen LogP contribution is 2.27. The summed E-state index contributed by atoms with van der Waals surface area (Å²) in [5.41, 5.74) is 3.59. The molecule has 82 valence electrons. The van der Waals surface area contributed by atoms with E-state index in [0.717, 1.165) is 5.56 Å². The predicted molar refractivity (Wildman–Crippen MR) is 60.2 cm³/mol. The third kappa shape index (κ3) is 2.13. The number of nitrogens with zero attached hydrogens (tertiary/aromatic N) is 1. The normalized spacial score (nSPS) is 17.0. The van der Waals surface area contributed by atoms with Gasteiger partial charge in [0.25, 0.3) is 0 Å². The Hall–Kier alpha value is -1.06. The lowest BCUT2D eigenvalue weighted by atomic mass is 10.1. The van der Waals surface area contributed by atoms with Crippen LogP contribution in [-0.4, -0.2) is 27.3 Å². The highest BCUT2D eigenvalue weighted by molar-refractivity contribution is 5.53. The van der Waals surface area contributed by atoms with Gasteiger partial charge in [-0.15, -0.1) is 0 Å². The van der Waals surface area contributed by atoms with E-state index >= 15 is 0 Å². The molecule has 1 aromatic rings. The van der Waals surface area contributed by atoms with Crippen molar-refractivity contribution in [2.45, 2.75) is 13.2 Å². The molecule has 0 spiro atoms. The van der Waals surface area contributed by atoms with Crippen molar-refractivity contribution >= 4 is 5.69 Å². The van der Waals surface area contributed by atoms with Crippen molar-refractivity contribution in [2.75, 3.05) is 32.2 Å². The van der Waals surface area contributed by atoms with Crippen LogP contribution in [0.5, 0.6) is 0 Å². The number of anilines is 1. The molecule has 1 aliphatic rings. The number of hydrogen-bond donors (Lipinski definition) is 0. The summed E-state index contributed by atoms with van der Waals surface area (Å²) in [6, 6.07) is 6.30. The van der Waals surface area contributed by atoms with Crippen molar-refractivity contribution < 1.29 is 9.47 Å². The van der Waals surface area contributed by atoms with E-state index in [2.05, 4.69) is 30.0 Å². The second kappa shape index (κ2) is 4.21. The standard InChI is InChI=1S/C12H17NO2/c1-9-8-10(12-14-6-7-15-12)4-5-11(9)13(2)3/h4-5,8,12H,6-7H2,1-3H3. The van der Waals surface area contributed by atoms with Gasteiger partial charge in [0.05, 0.1) is 13.2 Å². The van der Waals surface area contributed by atoms with Gasteiger partial charge < -0.3 is 14.4 Å². The molecular formula is C12H17NO2. The van der Waals surface area contributed by atoms with Crippen LogP contribution in [0.1, 0.15) is 17.4 Å². The monoisotopic (exact) mass is 207 g/mol. The number of rotatable bonds is 2. The van der Waals surface area contributed by atoms with Gasteiger partial charge in [0.15, 0.2) is 6.29 Å². The molecule has 1 fully saturated rings. The van der Waals surface area contributed by atoms with Crippen LogP contribution < -0.4 is 4.90 Å². The molecule has 15 heavy (non-hydrogen) atoms. The van der Waals surface area contributed by atoms with Gasteiger partial charge in [0.2, 0.25) is 0 Å². The second-order valence-corrected chi connectivity index (χ2v) is 4.01. The lowest BCUT2D eigenvalue weighted by Gasteiger charge is -2.17. The maximum Gasteiger partial charge on any atom is 0.184 e. The van der Waals surface area contributed by atoms with Crippen molar-refractivity contribution in [1.29, 1.82) is 0 Å². The molecule has 0 aliphatic carbocycles. The van der Waals surface area contributed by atoms with Crippen molar-refractivity contribution in [1.82, 2.24) is 0 Å². The van der Waals surface area contributed by atoms with Gasteiger partial charge in [-0.25, -0.2) is 0 Å². The van der Waals surface area contributed by atoms with E-state index in [0.29, 0.717) is 13.2 Å². The molecular weight excluding hydrogens is 190 g/mol. The fourth-order valence-electron chi connectivity index (χ4n) is 1.88. The van der Waals surface area contributed by atoms with Crippen LogP contribution in [0.3, 0.4) is 0 Å². The smallest absolute Gasteiger partial charge is 0.184 e. The SMILES string of the molecule is Cc1cc(C2OCCO2)ccc1N(C)C. The Balaban J connectivity index is 2.24. The minimum absolute atomic E-state index is 0.167. The van der Waals surface area contributed by atoms with Crippen LogP contribution in [-0.2, 0) is 9.47 Å². The van der Waals surface area contributed by atoms with E-state index in [1.54, 1.807) is 0 Å². The van der Waals surface area contributed by atoms with Crippen molar-refractivity contribution in [3.63, 3.8) is 0 Å². The predicted octanol–water partition coefficient (Wildman–Crippen LogP) is 2.11. The van der Waals surface area contributed by atoms with Crippen LogP contribution in [0.25, 0.3) is 0 Å². The minimum Gasteiger partial charge on any atom is -0.377 e. The molecule has 0 saturated carbocycles. The maximum absolute atomic E-state index is 5.46. The third-order valence-electron chi connectivity index (χ3n) is 2.60. The van der Waals surface area contributed by atoms with E-state index in [1.165, 1.54) is 11.3 Å². The van der Waals surface area contributed by atoms with Crippen molar-refractivity contribution in [3.05, 3.63) is 29.3 Å². The zero-order valence-electron chi connectivity index (χ0n) is 9.49. The summed E-state index contributed by atoms with van der Waals surface area (Å²) in [5, 5.41) is 0. The molecule has 0 amide bonds. The molecule has 0 bridgehead atoms. The fourth-order valence-corrected chi connectivity index (χ4v) is 1.88. The molecule has 1 saturated heterocycles. The van der Waals surface area contributed by atoms with Gasteiger partial charge in [-0.05, 0) is 24.6 Å². The largest absolute Gasteiger partial charge is 0.377 e. The Labute approximate surface area is 90.6 Å². The first-order chi connectivity index (χ1) is 7.18. The fraction of sp³-hybridized carbons (Fsp3) is 0.500. The summed E-state index contributed by atoms with van der Waals surface area (Å²) in [4.78, 5) is 2.11. The summed E-state index contributed by atoms with van der Waals surface area (Å²) in [7, 11) is 4.09. The van der Waals surface area contributed by atoms with E-state index in [-0.39, 0.29) is 6.29 Å². The highest BCUT2D eigenvalue weighted by Gasteiger charge is 2.18. The first-order valence-electron chi connectivity index (χ1n) is 5.19. The topological polar surface area (TPSA) is 21.7 Å². The lowest BCUT2D eigenvalue weighted by Crippen LogP contribution is -2.10. The van der Waals surface area contributed by atoms with Gasteiger partial charge >= 0.3 is 0 Å². The number of benzene rings is 1. The van der Waals surface area contributed by atoms with Gasteiger partial charge in [-0.3, -0.25) is 0 Å². The number of ether oxygens (including phenoxy) is 2. The van der Waals surface area contributed by atoms with E-state index in [1.807, 2.05) is 14.1 Å². The highest BCUT2D eigenvalue weighted by atomic mass is 16.7. The number of hydrogen-bond acceptors (Lipinski definition) is 3. The van der Waals surface area contributed by atoms with E-state index in [4.69, 9.17) is 9.47 Å². The molecule has 1 heterocycles. The second-order valence-electron chi connectivity index (χ2n) is 4.01. The van der Waals surface area contributed by atoms with Crippen molar-refractivity contribution in [2.24, 2.45) is 0 Å². The Bertz CT molecular complexity index is 343. The molecule has 1 aromatic carbocycles. The van der Waals surface area contributed by atoms with E-state index < -0.39 is 0 Å². The quantitative estimate of drug-likeness (QED) is 0.741. The maximum atomic E-state index is 5.46. The van der Waals surface area contributed by atoms with Gasteiger partial charge in [-0.2, -0.15) is 0 Å². The number of aryl methyl sites for hydroxylation is 1. The van der Waals surface area contributed by atoms with Crippen LogP contribution in [0.15, 0.2) is 18.2 Å². The summed E-state index contributed by atoms with van der Waals surface area (Å²) >= 11 is 0. The van der Waals surface area contributed by atoms with Crippen LogP contribution in [0.2, 0.25) is 0 Å². The molecule has 1 aliphatic heterocycles. The molecule has 0 aromatic heterocycles. The summed E-state index contributed by atoms with van der Waals surface area (Å²) in [6.45, 7) is 3.49. The average molecular weight is 207 g/mol. The van der Waals surface area contributed by atoms with Gasteiger partial charge in [-0.1, -0.05) is 6.07 Å². The van der Waals surface area contributed by atoms with Crippen molar-refractivity contribution in [3.8, 4) is 0 Å². The average Bonchev–Trinajstić information content (AvgIpc) is 2.69. The zero-order chi connectivity index (χ0) is 10.8. The first kappa shape index (κ1) is 10.5. The summed E-state index contributed by atoms with van der Waals surface area (Å²) < 4.78 is 10.9. The Morgan fingerprint density at radius 1 is 1.20 bits per heavy atom. The molecule has 3 nitrogen and oxygen atoms in total. The Morgan fingerprint density at radius 2 is 1.87 bits per heavy atom. The lowest BCUT2D eigenvalue weighted by molar-refractivity contribution is -0.0441. The molecule has 0 N–H and O–H groups in total. The van der Waals surface area contributed by atoms with Crippen LogP contribution in [0, 0.1) is 6.92 Å². The molecule has 2 rings (SSSR count). The van der Waals surface area contributed by atoms with Gasteiger partial charge in [0, 0.05) is 25.3 Å². The van der Waals surface area contributed by atoms with Gasteiger partial charge in [0.1, 0.15) is 0 Å². The molecule has 3 heteroatoms. The first-order valence-corrected chi connectivity index (χ1v) is 5.19.